The molecule has 0 bridgehead atoms. The molecule has 39 heavy (non-hydrogen) atoms. The SMILES string of the molecule is C=CC(=O)N1CCC(N2CCC(c3cc4c(c(C)n3)O[C@H](C)c3c(N5CCOCC5)ccnc3N4)CC2)CC1. The van der Waals surface area contributed by atoms with Gasteiger partial charge in [0.05, 0.1) is 30.2 Å². The molecule has 6 rings (SSSR count). The van der Waals surface area contributed by atoms with Crippen LogP contribution in [0, 0.1) is 6.92 Å². The second-order valence-electron chi connectivity index (χ2n) is 11.2. The van der Waals surface area contributed by atoms with Crippen LogP contribution in [0.2, 0.25) is 0 Å². The lowest BCUT2D eigenvalue weighted by Crippen LogP contribution is -2.48. The molecule has 9 nitrogen and oxygen atoms in total. The number of amides is 1. The summed E-state index contributed by atoms with van der Waals surface area (Å²) in [6.07, 6.45) is 7.42. The number of aromatic nitrogens is 2. The number of fused-ring (bicyclic) bond motifs is 2. The van der Waals surface area contributed by atoms with E-state index in [-0.39, 0.29) is 12.0 Å². The fourth-order valence-corrected chi connectivity index (χ4v) is 6.68. The molecule has 4 aliphatic rings. The number of hydrogen-bond acceptors (Lipinski definition) is 8. The molecule has 0 unspecified atom stereocenters. The predicted octanol–water partition coefficient (Wildman–Crippen LogP) is 4.18. The minimum absolute atomic E-state index is 0.0546. The van der Waals surface area contributed by atoms with Crippen molar-refractivity contribution >= 4 is 23.1 Å². The summed E-state index contributed by atoms with van der Waals surface area (Å²) in [5.41, 5.74) is 5.26. The van der Waals surface area contributed by atoms with Gasteiger partial charge in [-0.3, -0.25) is 9.78 Å². The van der Waals surface area contributed by atoms with Crippen LogP contribution in [-0.4, -0.2) is 84.2 Å². The molecule has 2 aromatic rings. The molecule has 1 N–H and O–H groups in total. The first-order chi connectivity index (χ1) is 19.0. The van der Waals surface area contributed by atoms with Crippen LogP contribution in [0.5, 0.6) is 5.75 Å². The standard InChI is InChI=1S/C30H40N6O3/c1-4-27(37)36-13-8-23(9-14-36)34-11-6-22(7-12-34)24-19-25-29(20(2)32-24)39-21(3)28-26(5-10-31-30(28)33-25)35-15-17-38-18-16-35/h4-5,10,19,21-23H,1,6-9,11-18H2,2-3H3,(H,31,33)/t21-/m1/s1. The summed E-state index contributed by atoms with van der Waals surface area (Å²) in [4.78, 5) is 28.6. The molecule has 2 aromatic heterocycles. The van der Waals surface area contributed by atoms with Gasteiger partial charge in [-0.25, -0.2) is 4.98 Å². The van der Waals surface area contributed by atoms with Crippen molar-refractivity contribution in [2.75, 3.05) is 62.7 Å². The fraction of sp³-hybridized carbons (Fsp3) is 0.567. The molecule has 3 fully saturated rings. The van der Waals surface area contributed by atoms with E-state index in [1.807, 2.05) is 11.1 Å². The molecule has 0 aliphatic carbocycles. The number of nitrogens with zero attached hydrogens (tertiary/aromatic N) is 5. The largest absolute Gasteiger partial charge is 0.482 e. The summed E-state index contributed by atoms with van der Waals surface area (Å²) in [6, 6.07) is 4.83. The number of nitrogens with one attached hydrogen (secondary N) is 1. The summed E-state index contributed by atoms with van der Waals surface area (Å²) < 4.78 is 12.1. The molecule has 6 heterocycles. The van der Waals surface area contributed by atoms with Gasteiger partial charge in [0.25, 0.3) is 0 Å². The van der Waals surface area contributed by atoms with Crippen molar-refractivity contribution in [3.8, 4) is 5.75 Å². The number of carbonyl (C=O) groups excluding carboxylic acids is 1. The molecule has 4 aliphatic heterocycles. The summed E-state index contributed by atoms with van der Waals surface area (Å²) >= 11 is 0. The Labute approximate surface area is 231 Å². The van der Waals surface area contributed by atoms with Crippen LogP contribution in [0.1, 0.15) is 61.6 Å². The number of piperidine rings is 2. The van der Waals surface area contributed by atoms with Crippen molar-refractivity contribution in [1.82, 2.24) is 19.8 Å². The lowest BCUT2D eigenvalue weighted by molar-refractivity contribution is -0.127. The Bertz CT molecular complexity index is 1210. The van der Waals surface area contributed by atoms with E-state index in [4.69, 9.17) is 19.4 Å². The summed E-state index contributed by atoms with van der Waals surface area (Å²) in [7, 11) is 0. The van der Waals surface area contributed by atoms with E-state index in [0.717, 1.165) is 118 Å². The summed E-state index contributed by atoms with van der Waals surface area (Å²) in [5.74, 6) is 2.15. The quantitative estimate of drug-likeness (QED) is 0.588. The van der Waals surface area contributed by atoms with Gasteiger partial charge in [0.1, 0.15) is 11.9 Å². The molecule has 0 saturated carbocycles. The van der Waals surface area contributed by atoms with Crippen molar-refractivity contribution in [3.63, 3.8) is 0 Å². The summed E-state index contributed by atoms with van der Waals surface area (Å²) in [6.45, 7) is 14.8. The first kappa shape index (κ1) is 26.1. The molecule has 1 atom stereocenters. The van der Waals surface area contributed by atoms with E-state index >= 15 is 0 Å². The van der Waals surface area contributed by atoms with Crippen LogP contribution in [0.25, 0.3) is 0 Å². The first-order valence-corrected chi connectivity index (χ1v) is 14.4. The molecular weight excluding hydrogens is 492 g/mol. The molecule has 9 heteroatoms. The Morgan fingerprint density at radius 2 is 1.85 bits per heavy atom. The smallest absolute Gasteiger partial charge is 0.245 e. The van der Waals surface area contributed by atoms with Crippen LogP contribution in [0.3, 0.4) is 0 Å². The van der Waals surface area contributed by atoms with Gasteiger partial charge in [0.15, 0.2) is 5.75 Å². The maximum atomic E-state index is 11.9. The monoisotopic (exact) mass is 532 g/mol. The van der Waals surface area contributed by atoms with Crippen molar-refractivity contribution in [3.05, 3.63) is 47.9 Å². The van der Waals surface area contributed by atoms with Crippen LogP contribution in [0.15, 0.2) is 31.0 Å². The van der Waals surface area contributed by atoms with Gasteiger partial charge in [-0.1, -0.05) is 6.58 Å². The molecule has 0 spiro atoms. The molecule has 3 saturated heterocycles. The maximum Gasteiger partial charge on any atom is 0.245 e. The highest BCUT2D eigenvalue weighted by Gasteiger charge is 2.32. The van der Waals surface area contributed by atoms with Crippen LogP contribution in [-0.2, 0) is 9.53 Å². The number of rotatable bonds is 4. The zero-order valence-electron chi connectivity index (χ0n) is 23.2. The second kappa shape index (κ2) is 11.1. The van der Waals surface area contributed by atoms with E-state index < -0.39 is 0 Å². The third-order valence-electron chi connectivity index (χ3n) is 8.85. The predicted molar refractivity (Wildman–Crippen MR) is 152 cm³/mol. The number of hydrogen-bond donors (Lipinski definition) is 1. The van der Waals surface area contributed by atoms with Crippen molar-refractivity contribution in [2.24, 2.45) is 0 Å². The minimum atomic E-state index is -0.150. The van der Waals surface area contributed by atoms with E-state index in [0.29, 0.717) is 12.0 Å². The molecular formula is C30H40N6O3. The fourth-order valence-electron chi connectivity index (χ4n) is 6.68. The van der Waals surface area contributed by atoms with Gasteiger partial charge in [-0.15, -0.1) is 0 Å². The highest BCUT2D eigenvalue weighted by atomic mass is 16.5. The number of pyridine rings is 2. The van der Waals surface area contributed by atoms with E-state index in [1.165, 1.54) is 6.08 Å². The lowest BCUT2D eigenvalue weighted by Gasteiger charge is -2.41. The van der Waals surface area contributed by atoms with E-state index in [2.05, 4.69) is 47.7 Å². The van der Waals surface area contributed by atoms with E-state index in [9.17, 15) is 4.79 Å². The van der Waals surface area contributed by atoms with Crippen molar-refractivity contribution < 1.29 is 14.3 Å². The zero-order valence-corrected chi connectivity index (χ0v) is 23.2. The van der Waals surface area contributed by atoms with Crippen molar-refractivity contribution in [1.29, 1.82) is 0 Å². The third kappa shape index (κ3) is 5.22. The normalized spacial score (nSPS) is 22.8. The highest BCUT2D eigenvalue weighted by molar-refractivity contribution is 5.87. The van der Waals surface area contributed by atoms with Crippen LogP contribution >= 0.6 is 0 Å². The molecule has 1 amide bonds. The molecule has 0 aromatic carbocycles. The van der Waals surface area contributed by atoms with Crippen LogP contribution < -0.4 is 15.0 Å². The zero-order chi connectivity index (χ0) is 26.9. The number of anilines is 3. The van der Waals surface area contributed by atoms with Crippen LogP contribution in [0.4, 0.5) is 17.2 Å². The second-order valence-corrected chi connectivity index (χ2v) is 11.2. The third-order valence-corrected chi connectivity index (χ3v) is 8.85. The Morgan fingerprint density at radius 1 is 1.10 bits per heavy atom. The van der Waals surface area contributed by atoms with Gasteiger partial charge in [-0.2, -0.15) is 0 Å². The van der Waals surface area contributed by atoms with Gasteiger partial charge >= 0.3 is 0 Å². The summed E-state index contributed by atoms with van der Waals surface area (Å²) in [5, 5.41) is 3.63. The molecule has 208 valence electrons. The lowest BCUT2D eigenvalue weighted by atomic mass is 9.90. The Balaban J connectivity index is 1.16. The number of aryl methyl sites for hydroxylation is 1. The Kier molecular flexibility index (Phi) is 7.44. The van der Waals surface area contributed by atoms with E-state index in [1.54, 1.807) is 0 Å². The average Bonchev–Trinajstić information content (AvgIpc) is 3.13. The number of likely N-dealkylation sites (tertiary alicyclic amines) is 2. The Morgan fingerprint density at radius 3 is 2.56 bits per heavy atom. The number of ether oxygens (including phenoxy) is 2. The Hall–Kier alpha value is -3.17. The highest BCUT2D eigenvalue weighted by Crippen LogP contribution is 2.44. The number of morpholine rings is 1. The van der Waals surface area contributed by atoms with Gasteiger partial charge in [0, 0.05) is 55.7 Å². The van der Waals surface area contributed by atoms with Gasteiger partial charge in [-0.05, 0) is 70.8 Å². The topological polar surface area (TPSA) is 83.1 Å². The maximum absolute atomic E-state index is 11.9. The van der Waals surface area contributed by atoms with Gasteiger partial charge in [0.2, 0.25) is 5.91 Å². The van der Waals surface area contributed by atoms with Crippen molar-refractivity contribution in [2.45, 2.75) is 57.6 Å². The van der Waals surface area contributed by atoms with Gasteiger partial charge < -0.3 is 29.5 Å². The number of carbonyl (C=O) groups is 1. The molecule has 0 radical (unpaired) electrons. The average molecular weight is 533 g/mol. The first-order valence-electron chi connectivity index (χ1n) is 14.4. The minimum Gasteiger partial charge on any atom is -0.482 e.